The number of likely N-dealkylation sites (N-methyl/N-ethyl adjacent to an activating group) is 1. The van der Waals surface area contributed by atoms with E-state index in [1.807, 2.05) is 30.3 Å². The molecule has 2 fully saturated rings. The summed E-state index contributed by atoms with van der Waals surface area (Å²) in [7, 11) is 2.18. The molecule has 1 aromatic rings. The lowest BCUT2D eigenvalue weighted by molar-refractivity contribution is -1.01. The van der Waals surface area contributed by atoms with Gasteiger partial charge in [-0.05, 0) is 12.1 Å². The van der Waals surface area contributed by atoms with Gasteiger partial charge < -0.3 is 9.80 Å². The molecule has 1 aromatic carbocycles. The number of piperazine rings is 1. The molecule has 2 amide bonds. The monoisotopic (exact) mass is 275 g/mol. The van der Waals surface area contributed by atoms with Crippen LogP contribution in [0.5, 0.6) is 0 Å². The number of hydrogen-bond acceptors (Lipinski definition) is 2. The minimum atomic E-state index is -0.184. The van der Waals surface area contributed by atoms with Crippen LogP contribution in [0.2, 0.25) is 0 Å². The summed E-state index contributed by atoms with van der Waals surface area (Å²) in [5, 5.41) is 0. The van der Waals surface area contributed by atoms with Crippen LogP contribution in [0.4, 0.5) is 5.69 Å². The minimum Gasteiger partial charge on any atom is -0.328 e. The van der Waals surface area contributed by atoms with Gasteiger partial charge >= 0.3 is 0 Å². The molecule has 0 bridgehead atoms. The van der Waals surface area contributed by atoms with Crippen LogP contribution in [0.1, 0.15) is 6.42 Å². The third kappa shape index (κ3) is 2.34. The number of rotatable bonds is 2. The third-order valence-corrected chi connectivity index (χ3v) is 4.40. The molecule has 2 saturated heterocycles. The van der Waals surface area contributed by atoms with Gasteiger partial charge in [-0.1, -0.05) is 18.2 Å². The van der Waals surface area contributed by atoms with Crippen molar-refractivity contribution in [3.8, 4) is 0 Å². The molecule has 1 unspecified atom stereocenters. The second kappa shape index (κ2) is 5.34. The maximum Gasteiger partial charge on any atom is 0.292 e. The van der Waals surface area contributed by atoms with E-state index in [9.17, 15) is 9.59 Å². The van der Waals surface area contributed by atoms with Gasteiger partial charge in [-0.3, -0.25) is 9.59 Å². The third-order valence-electron chi connectivity index (χ3n) is 4.40. The van der Waals surface area contributed by atoms with Crippen molar-refractivity contribution in [1.82, 2.24) is 0 Å². The first-order valence-corrected chi connectivity index (χ1v) is 7.24. The van der Waals surface area contributed by atoms with E-state index in [4.69, 9.17) is 0 Å². The van der Waals surface area contributed by atoms with Gasteiger partial charge in [0, 0.05) is 0 Å². The van der Waals surface area contributed by atoms with Crippen LogP contribution in [0.3, 0.4) is 0 Å². The van der Waals surface area contributed by atoms with Gasteiger partial charge in [-0.2, -0.15) is 0 Å². The van der Waals surface area contributed by atoms with Crippen molar-refractivity contribution >= 4 is 17.5 Å². The van der Waals surface area contributed by atoms with E-state index in [1.165, 1.54) is 14.7 Å². The first-order valence-electron chi connectivity index (χ1n) is 7.24. The van der Waals surface area contributed by atoms with Crippen molar-refractivity contribution in [3.05, 3.63) is 30.3 Å². The molecule has 2 heterocycles. The topological polar surface area (TPSA) is 46.3 Å². The molecular weight excluding hydrogens is 254 g/mol. The number of carbonyl (C=O) groups is 2. The number of nitrogens with zero attached hydrogens (tertiary/aromatic N) is 1. The van der Waals surface area contributed by atoms with E-state index in [0.717, 1.165) is 26.2 Å². The summed E-state index contributed by atoms with van der Waals surface area (Å²) in [6.45, 7) is 4.08. The Bertz CT molecular complexity index is 509. The normalized spacial score (nSPS) is 30.9. The van der Waals surface area contributed by atoms with Gasteiger partial charge in [-0.15, -0.1) is 0 Å². The van der Waals surface area contributed by atoms with E-state index in [0.29, 0.717) is 12.1 Å². The Labute approximate surface area is 118 Å². The number of benzene rings is 1. The first-order chi connectivity index (χ1) is 9.66. The molecule has 0 radical (unpaired) electrons. The highest BCUT2D eigenvalue weighted by molar-refractivity contribution is 6.21. The lowest BCUT2D eigenvalue weighted by Crippen LogP contribution is -3.29. The Hall–Kier alpha value is -1.72. The zero-order valence-corrected chi connectivity index (χ0v) is 11.8. The van der Waals surface area contributed by atoms with Crippen LogP contribution in [-0.2, 0) is 9.59 Å². The summed E-state index contributed by atoms with van der Waals surface area (Å²) in [5.41, 5.74) is 0.698. The van der Waals surface area contributed by atoms with Gasteiger partial charge in [-0.25, -0.2) is 4.90 Å². The van der Waals surface area contributed by atoms with Crippen molar-refractivity contribution in [1.29, 1.82) is 0 Å². The van der Waals surface area contributed by atoms with E-state index >= 15 is 0 Å². The molecule has 3 rings (SSSR count). The molecule has 0 saturated carbocycles. The second-order valence-corrected chi connectivity index (χ2v) is 5.78. The molecule has 0 aromatic heterocycles. The van der Waals surface area contributed by atoms with Crippen LogP contribution >= 0.6 is 0 Å². The van der Waals surface area contributed by atoms with Crippen LogP contribution in [0.25, 0.3) is 0 Å². The zero-order valence-electron chi connectivity index (χ0n) is 11.8. The maximum atomic E-state index is 12.6. The zero-order chi connectivity index (χ0) is 14.1. The van der Waals surface area contributed by atoms with Gasteiger partial charge in [0.15, 0.2) is 6.04 Å². The molecule has 0 aliphatic carbocycles. The smallest absolute Gasteiger partial charge is 0.292 e. The molecular formula is C15H21N3O2+2. The number of hydrogen-bond donors (Lipinski definition) is 2. The van der Waals surface area contributed by atoms with E-state index in [-0.39, 0.29) is 17.9 Å². The average molecular weight is 275 g/mol. The van der Waals surface area contributed by atoms with Crippen molar-refractivity contribution < 1.29 is 19.4 Å². The quantitative estimate of drug-likeness (QED) is 0.598. The van der Waals surface area contributed by atoms with Gasteiger partial charge in [0.25, 0.3) is 5.91 Å². The standard InChI is InChI=1S/C15H19N3O2/c1-16-7-9-17(10-8-16)13-11-14(19)18(15(13)20)12-5-3-2-4-6-12/h2-6,13H,7-11H2,1H3/p+2. The SMILES string of the molecule is C[NH+]1CC[NH+](C2CC(=O)N(c3ccccc3)C2=O)CC1. The average Bonchev–Trinajstić information content (AvgIpc) is 2.76. The molecule has 1 atom stereocenters. The molecule has 2 aliphatic heterocycles. The molecule has 2 aliphatic rings. The summed E-state index contributed by atoms with van der Waals surface area (Å²) in [5.74, 6) is -0.0965. The van der Waals surface area contributed by atoms with E-state index < -0.39 is 0 Å². The van der Waals surface area contributed by atoms with E-state index in [2.05, 4.69) is 7.05 Å². The van der Waals surface area contributed by atoms with E-state index in [1.54, 1.807) is 0 Å². The predicted octanol–water partition coefficient (Wildman–Crippen LogP) is -2.27. The summed E-state index contributed by atoms with van der Waals surface area (Å²) in [6.07, 6.45) is 0.349. The molecule has 5 nitrogen and oxygen atoms in total. The molecule has 5 heteroatoms. The first kappa shape index (κ1) is 13.3. The fourth-order valence-corrected chi connectivity index (χ4v) is 3.15. The Morgan fingerprint density at radius 2 is 1.70 bits per heavy atom. The summed E-state index contributed by atoms with van der Waals surface area (Å²) in [4.78, 5) is 28.9. The van der Waals surface area contributed by atoms with Crippen LogP contribution in [-0.4, -0.2) is 51.1 Å². The van der Waals surface area contributed by atoms with Gasteiger partial charge in [0.2, 0.25) is 5.91 Å². The van der Waals surface area contributed by atoms with Crippen molar-refractivity contribution in [2.45, 2.75) is 12.5 Å². The largest absolute Gasteiger partial charge is 0.328 e. The molecule has 106 valence electrons. The summed E-state index contributed by atoms with van der Waals surface area (Å²) < 4.78 is 0. The highest BCUT2D eigenvalue weighted by Crippen LogP contribution is 2.21. The fraction of sp³-hybridized carbons (Fsp3) is 0.467. The maximum absolute atomic E-state index is 12.6. The lowest BCUT2D eigenvalue weighted by atomic mass is 10.2. The summed E-state index contributed by atoms with van der Waals surface area (Å²) >= 11 is 0. The Morgan fingerprint density at radius 1 is 1.05 bits per heavy atom. The predicted molar refractivity (Wildman–Crippen MR) is 74.7 cm³/mol. The Morgan fingerprint density at radius 3 is 2.35 bits per heavy atom. The number of anilines is 1. The van der Waals surface area contributed by atoms with Crippen LogP contribution in [0.15, 0.2) is 30.3 Å². The number of carbonyl (C=O) groups excluding carboxylic acids is 2. The minimum absolute atomic E-state index is 0.0317. The van der Waals surface area contributed by atoms with Crippen LogP contribution < -0.4 is 14.7 Å². The Kier molecular flexibility index (Phi) is 3.54. The Balaban J connectivity index is 1.77. The number of nitrogens with one attached hydrogen (secondary N) is 2. The molecule has 0 spiro atoms. The molecule has 2 N–H and O–H groups in total. The lowest BCUT2D eigenvalue weighted by Gasteiger charge is -2.30. The van der Waals surface area contributed by atoms with Crippen molar-refractivity contribution in [2.24, 2.45) is 0 Å². The number of amides is 2. The molecule has 20 heavy (non-hydrogen) atoms. The summed E-state index contributed by atoms with van der Waals surface area (Å²) in [6, 6.07) is 9.06. The van der Waals surface area contributed by atoms with Crippen molar-refractivity contribution in [2.75, 3.05) is 38.1 Å². The highest BCUT2D eigenvalue weighted by Gasteiger charge is 2.46. The fourth-order valence-electron chi connectivity index (χ4n) is 3.15. The van der Waals surface area contributed by atoms with Crippen molar-refractivity contribution in [3.63, 3.8) is 0 Å². The number of imide groups is 1. The van der Waals surface area contributed by atoms with Gasteiger partial charge in [0.1, 0.15) is 26.2 Å². The number of para-hydroxylation sites is 1. The highest BCUT2D eigenvalue weighted by atomic mass is 16.2. The van der Waals surface area contributed by atoms with Crippen LogP contribution in [0, 0.1) is 0 Å². The number of quaternary nitrogens is 2. The van der Waals surface area contributed by atoms with Gasteiger partial charge in [0.05, 0.1) is 19.2 Å². The second-order valence-electron chi connectivity index (χ2n) is 5.78.